The third-order valence-corrected chi connectivity index (χ3v) is 1.70. The van der Waals surface area contributed by atoms with Crippen LogP contribution in [0.2, 0.25) is 0 Å². The highest BCUT2D eigenvalue weighted by atomic mass is 16.7. The molecule has 0 aliphatic heterocycles. The zero-order valence-corrected chi connectivity index (χ0v) is 8.53. The van der Waals surface area contributed by atoms with Gasteiger partial charge in [-0.2, -0.15) is 0 Å². The molecule has 0 heterocycles. The molecule has 84 valence electrons. The SMILES string of the molecule is COCOCOc1cc(N)cc(N)c1N. The highest BCUT2D eigenvalue weighted by Gasteiger charge is 2.05. The second kappa shape index (κ2) is 5.28. The lowest BCUT2D eigenvalue weighted by Gasteiger charge is -2.11. The molecule has 0 aliphatic carbocycles. The molecule has 0 amide bonds. The van der Waals surface area contributed by atoms with Gasteiger partial charge in [-0.15, -0.1) is 0 Å². The molecular formula is C9H15N3O3. The molecule has 0 bridgehead atoms. The fourth-order valence-corrected chi connectivity index (χ4v) is 1.01. The van der Waals surface area contributed by atoms with Crippen LogP contribution >= 0.6 is 0 Å². The van der Waals surface area contributed by atoms with Crippen molar-refractivity contribution in [3.8, 4) is 5.75 Å². The molecule has 6 N–H and O–H groups in total. The zero-order chi connectivity index (χ0) is 11.3. The van der Waals surface area contributed by atoms with Crippen molar-refractivity contribution in [3.63, 3.8) is 0 Å². The summed E-state index contributed by atoms with van der Waals surface area (Å²) in [7, 11) is 1.52. The predicted molar refractivity (Wildman–Crippen MR) is 58.1 cm³/mol. The summed E-state index contributed by atoms with van der Waals surface area (Å²) in [6.07, 6.45) is 0. The van der Waals surface area contributed by atoms with Gasteiger partial charge in [0.2, 0.25) is 0 Å². The zero-order valence-electron chi connectivity index (χ0n) is 8.53. The Kier molecular flexibility index (Phi) is 4.02. The molecule has 0 saturated heterocycles. The Morgan fingerprint density at radius 1 is 1.13 bits per heavy atom. The summed E-state index contributed by atoms with van der Waals surface area (Å²) < 4.78 is 14.8. The molecule has 1 rings (SSSR count). The van der Waals surface area contributed by atoms with Gasteiger partial charge < -0.3 is 31.4 Å². The van der Waals surface area contributed by atoms with Gasteiger partial charge in [-0.25, -0.2) is 0 Å². The van der Waals surface area contributed by atoms with Crippen LogP contribution in [0.3, 0.4) is 0 Å². The van der Waals surface area contributed by atoms with Gasteiger partial charge in [-0.05, 0) is 6.07 Å². The Bertz CT molecular complexity index is 331. The molecule has 0 atom stereocenters. The van der Waals surface area contributed by atoms with Crippen molar-refractivity contribution in [2.24, 2.45) is 0 Å². The molecule has 0 aliphatic rings. The summed E-state index contributed by atoms with van der Waals surface area (Å²) in [6.45, 7) is 0.179. The normalized spacial score (nSPS) is 10.2. The smallest absolute Gasteiger partial charge is 0.191 e. The molecule has 0 radical (unpaired) electrons. The second-order valence-corrected chi connectivity index (χ2v) is 2.89. The first-order valence-electron chi connectivity index (χ1n) is 4.29. The van der Waals surface area contributed by atoms with Crippen LogP contribution in [0.15, 0.2) is 12.1 Å². The van der Waals surface area contributed by atoms with E-state index in [0.29, 0.717) is 22.8 Å². The monoisotopic (exact) mass is 213 g/mol. The number of nitrogen functional groups attached to an aromatic ring is 3. The summed E-state index contributed by atoms with van der Waals surface area (Å²) >= 11 is 0. The fraction of sp³-hybridized carbons (Fsp3) is 0.333. The average molecular weight is 213 g/mol. The summed E-state index contributed by atoms with van der Waals surface area (Å²) in [5.41, 5.74) is 18.1. The third kappa shape index (κ3) is 3.19. The lowest BCUT2D eigenvalue weighted by atomic mass is 10.2. The number of nitrogens with two attached hydrogens (primary N) is 3. The molecule has 0 unspecified atom stereocenters. The Hall–Kier alpha value is -1.66. The van der Waals surface area contributed by atoms with Crippen LogP contribution in [-0.4, -0.2) is 20.7 Å². The van der Waals surface area contributed by atoms with Crippen LogP contribution < -0.4 is 21.9 Å². The van der Waals surface area contributed by atoms with Crippen LogP contribution in [0.5, 0.6) is 5.75 Å². The second-order valence-electron chi connectivity index (χ2n) is 2.89. The molecule has 0 spiro atoms. The first kappa shape index (κ1) is 11.4. The lowest BCUT2D eigenvalue weighted by Crippen LogP contribution is -2.08. The maximum Gasteiger partial charge on any atom is 0.191 e. The summed E-state index contributed by atoms with van der Waals surface area (Å²) in [4.78, 5) is 0. The van der Waals surface area contributed by atoms with Crippen molar-refractivity contribution in [2.45, 2.75) is 0 Å². The topological polar surface area (TPSA) is 106 Å². The maximum atomic E-state index is 5.67. The van der Waals surface area contributed by atoms with Crippen LogP contribution in [0.25, 0.3) is 0 Å². The first-order valence-corrected chi connectivity index (χ1v) is 4.29. The Balaban J connectivity index is 2.60. The molecule has 6 heteroatoms. The van der Waals surface area contributed by atoms with E-state index >= 15 is 0 Å². The minimum absolute atomic E-state index is 0.0287. The van der Waals surface area contributed by atoms with E-state index in [9.17, 15) is 0 Å². The van der Waals surface area contributed by atoms with E-state index in [1.54, 1.807) is 12.1 Å². The number of hydrogen-bond acceptors (Lipinski definition) is 6. The Labute approximate surface area is 87.9 Å². The van der Waals surface area contributed by atoms with Crippen molar-refractivity contribution >= 4 is 17.1 Å². The quantitative estimate of drug-likeness (QED) is 0.371. The van der Waals surface area contributed by atoms with Crippen LogP contribution in [0.1, 0.15) is 0 Å². The van der Waals surface area contributed by atoms with Gasteiger partial charge in [0.25, 0.3) is 0 Å². The molecule has 1 aromatic rings. The minimum atomic E-state index is 0.0287. The highest BCUT2D eigenvalue weighted by Crippen LogP contribution is 2.30. The van der Waals surface area contributed by atoms with Crippen molar-refractivity contribution < 1.29 is 14.2 Å². The van der Waals surface area contributed by atoms with E-state index in [1.807, 2.05) is 0 Å². The first-order chi connectivity index (χ1) is 7.15. The van der Waals surface area contributed by atoms with E-state index < -0.39 is 0 Å². The molecular weight excluding hydrogens is 198 g/mol. The fourth-order valence-electron chi connectivity index (χ4n) is 1.01. The van der Waals surface area contributed by atoms with Crippen LogP contribution in [0.4, 0.5) is 17.1 Å². The number of methoxy groups -OCH3 is 1. The molecule has 15 heavy (non-hydrogen) atoms. The third-order valence-electron chi connectivity index (χ3n) is 1.70. The maximum absolute atomic E-state index is 5.67. The van der Waals surface area contributed by atoms with Gasteiger partial charge in [-0.1, -0.05) is 0 Å². The van der Waals surface area contributed by atoms with E-state index in [1.165, 1.54) is 7.11 Å². The standard InChI is InChI=1S/C9H15N3O3/c1-13-4-14-5-15-8-3-6(10)2-7(11)9(8)12/h2-3H,4-5,10-12H2,1H3. The van der Waals surface area contributed by atoms with Crippen molar-refractivity contribution in [3.05, 3.63) is 12.1 Å². The van der Waals surface area contributed by atoms with Crippen molar-refractivity contribution in [2.75, 3.05) is 37.9 Å². The number of anilines is 3. The summed E-state index contributed by atoms with van der Waals surface area (Å²) in [5, 5.41) is 0. The van der Waals surface area contributed by atoms with Gasteiger partial charge in [0, 0.05) is 18.9 Å². The van der Waals surface area contributed by atoms with E-state index in [2.05, 4.69) is 4.74 Å². The molecule has 6 nitrogen and oxygen atoms in total. The minimum Gasteiger partial charge on any atom is -0.465 e. The van der Waals surface area contributed by atoms with Crippen LogP contribution in [0, 0.1) is 0 Å². The molecule has 1 aromatic carbocycles. The van der Waals surface area contributed by atoms with Gasteiger partial charge in [0.05, 0.1) is 11.4 Å². The van der Waals surface area contributed by atoms with E-state index in [0.717, 1.165) is 0 Å². The summed E-state index contributed by atoms with van der Waals surface area (Å²) in [5.74, 6) is 0.406. The number of hydrogen-bond donors (Lipinski definition) is 3. The summed E-state index contributed by atoms with van der Waals surface area (Å²) in [6, 6.07) is 3.15. The van der Waals surface area contributed by atoms with Crippen molar-refractivity contribution in [1.82, 2.24) is 0 Å². The van der Waals surface area contributed by atoms with Gasteiger partial charge >= 0.3 is 0 Å². The van der Waals surface area contributed by atoms with Crippen molar-refractivity contribution in [1.29, 1.82) is 0 Å². The number of ether oxygens (including phenoxy) is 3. The lowest BCUT2D eigenvalue weighted by molar-refractivity contribution is -0.0833. The largest absolute Gasteiger partial charge is 0.465 e. The average Bonchev–Trinajstić information content (AvgIpc) is 2.19. The highest BCUT2D eigenvalue weighted by molar-refractivity contribution is 5.75. The Morgan fingerprint density at radius 3 is 2.53 bits per heavy atom. The van der Waals surface area contributed by atoms with Crippen LogP contribution in [-0.2, 0) is 9.47 Å². The number of rotatable bonds is 5. The van der Waals surface area contributed by atoms with Gasteiger partial charge in [0.15, 0.2) is 6.79 Å². The predicted octanol–water partition coefficient (Wildman–Crippen LogP) is 0.390. The van der Waals surface area contributed by atoms with Gasteiger partial charge in [0.1, 0.15) is 12.5 Å². The molecule has 0 aromatic heterocycles. The van der Waals surface area contributed by atoms with E-state index in [-0.39, 0.29) is 13.6 Å². The number of benzene rings is 1. The van der Waals surface area contributed by atoms with Gasteiger partial charge in [-0.3, -0.25) is 0 Å². The molecule has 0 fully saturated rings. The van der Waals surface area contributed by atoms with E-state index in [4.69, 9.17) is 26.7 Å². The molecule has 0 saturated carbocycles. The Morgan fingerprint density at radius 2 is 1.87 bits per heavy atom.